The highest BCUT2D eigenvalue weighted by Crippen LogP contribution is 2.26. The summed E-state index contributed by atoms with van der Waals surface area (Å²) >= 11 is 0. The number of benzene rings is 1. The molecule has 2 fully saturated rings. The summed E-state index contributed by atoms with van der Waals surface area (Å²) in [7, 11) is 2.11. The van der Waals surface area contributed by atoms with Gasteiger partial charge in [-0.1, -0.05) is 24.3 Å². The highest BCUT2D eigenvalue weighted by atomic mass is 16.2. The molecule has 2 aliphatic rings. The molecule has 0 bridgehead atoms. The molecule has 6 heteroatoms. The topological polar surface area (TPSA) is 44.6 Å². The Morgan fingerprint density at radius 1 is 1.04 bits per heavy atom. The van der Waals surface area contributed by atoms with Crippen LogP contribution in [-0.4, -0.2) is 62.5 Å². The molecule has 0 spiro atoms. The van der Waals surface area contributed by atoms with E-state index in [1.54, 1.807) is 6.20 Å². The Bertz CT molecular complexity index is 999. The van der Waals surface area contributed by atoms with Crippen LogP contribution in [0, 0.1) is 0 Å². The smallest absolute Gasteiger partial charge is 0.320 e. The molecule has 144 valence electrons. The summed E-state index contributed by atoms with van der Waals surface area (Å²) in [6.07, 6.45) is 4.03. The van der Waals surface area contributed by atoms with Crippen molar-refractivity contribution in [2.75, 3.05) is 26.2 Å². The normalized spacial score (nSPS) is 20.2. The lowest BCUT2D eigenvalue weighted by atomic mass is 10.1. The van der Waals surface area contributed by atoms with Crippen molar-refractivity contribution in [3.8, 4) is 0 Å². The van der Waals surface area contributed by atoms with E-state index < -0.39 is 0 Å². The number of hydrogen-bond acceptors (Lipinski definition) is 3. The number of aryl methyl sites for hydroxylation is 1. The minimum absolute atomic E-state index is 0.153. The second-order valence-corrected chi connectivity index (χ2v) is 7.85. The first-order valence-corrected chi connectivity index (χ1v) is 9.90. The third kappa shape index (κ3) is 3.03. The monoisotopic (exact) mass is 375 g/mol. The lowest BCUT2D eigenvalue weighted by molar-refractivity contribution is 0.116. The van der Waals surface area contributed by atoms with Gasteiger partial charge in [0, 0.05) is 63.1 Å². The molecule has 1 aromatic carbocycles. The number of carbonyl (C=O) groups is 1. The number of fused-ring (bicyclic) bond motifs is 2. The van der Waals surface area contributed by atoms with Gasteiger partial charge >= 0.3 is 6.03 Å². The summed E-state index contributed by atoms with van der Waals surface area (Å²) in [4.78, 5) is 23.6. The highest BCUT2D eigenvalue weighted by molar-refractivity contribution is 5.83. The van der Waals surface area contributed by atoms with Crippen LogP contribution in [0.2, 0.25) is 0 Å². The van der Waals surface area contributed by atoms with Crippen LogP contribution >= 0.6 is 0 Å². The number of aromatic nitrogens is 2. The van der Waals surface area contributed by atoms with Crippen LogP contribution in [0.3, 0.4) is 0 Å². The third-order valence-electron chi connectivity index (χ3n) is 5.97. The van der Waals surface area contributed by atoms with E-state index in [1.165, 1.54) is 16.5 Å². The van der Waals surface area contributed by atoms with Crippen molar-refractivity contribution in [3.05, 3.63) is 66.1 Å². The van der Waals surface area contributed by atoms with E-state index in [-0.39, 0.29) is 12.1 Å². The third-order valence-corrected chi connectivity index (χ3v) is 5.97. The average Bonchev–Trinajstić information content (AvgIpc) is 3.20. The molecule has 0 saturated carbocycles. The van der Waals surface area contributed by atoms with E-state index in [2.05, 4.69) is 52.0 Å². The van der Waals surface area contributed by atoms with Gasteiger partial charge < -0.3 is 14.4 Å². The van der Waals surface area contributed by atoms with Crippen molar-refractivity contribution in [3.63, 3.8) is 0 Å². The van der Waals surface area contributed by atoms with E-state index >= 15 is 0 Å². The van der Waals surface area contributed by atoms with Gasteiger partial charge in [-0.15, -0.1) is 0 Å². The molecule has 6 nitrogen and oxygen atoms in total. The quantitative estimate of drug-likeness (QED) is 0.704. The van der Waals surface area contributed by atoms with Crippen molar-refractivity contribution in [1.29, 1.82) is 0 Å². The number of nitrogens with zero attached hydrogens (tertiary/aromatic N) is 5. The number of pyridine rings is 1. The van der Waals surface area contributed by atoms with Gasteiger partial charge in [0.15, 0.2) is 0 Å². The van der Waals surface area contributed by atoms with Gasteiger partial charge in [-0.05, 0) is 23.8 Å². The van der Waals surface area contributed by atoms with Crippen LogP contribution in [0.25, 0.3) is 10.9 Å². The SMILES string of the molecule is Cn1cc(CN2CCN3C(=O)N(Cc4ccccn4)C[C@H]3C2)c2ccccc21. The molecule has 2 aromatic heterocycles. The Labute approximate surface area is 165 Å². The van der Waals surface area contributed by atoms with Crippen molar-refractivity contribution >= 4 is 16.9 Å². The Morgan fingerprint density at radius 3 is 2.75 bits per heavy atom. The number of piperazine rings is 1. The summed E-state index contributed by atoms with van der Waals surface area (Å²) in [5, 5.41) is 1.33. The summed E-state index contributed by atoms with van der Waals surface area (Å²) < 4.78 is 2.20. The molecule has 0 radical (unpaired) electrons. The van der Waals surface area contributed by atoms with E-state index in [9.17, 15) is 4.79 Å². The molecular weight excluding hydrogens is 350 g/mol. The van der Waals surface area contributed by atoms with Gasteiger partial charge in [0.25, 0.3) is 0 Å². The summed E-state index contributed by atoms with van der Waals surface area (Å²) in [5.74, 6) is 0. The fraction of sp³-hybridized carbons (Fsp3) is 0.364. The zero-order chi connectivity index (χ0) is 19.1. The number of hydrogen-bond donors (Lipinski definition) is 0. The Hall–Kier alpha value is -2.86. The Balaban J connectivity index is 1.28. The first-order valence-electron chi connectivity index (χ1n) is 9.90. The molecule has 0 aliphatic carbocycles. The van der Waals surface area contributed by atoms with E-state index in [0.29, 0.717) is 6.54 Å². The standard InChI is InChI=1S/C22H25N5O/c1-24-12-17(20-7-2-3-8-21(20)24)13-25-10-11-27-19(15-25)16-26(22(27)28)14-18-6-4-5-9-23-18/h2-9,12,19H,10-11,13-16H2,1H3/t19-/m1/s1. The van der Waals surface area contributed by atoms with Crippen LogP contribution in [0.15, 0.2) is 54.9 Å². The van der Waals surface area contributed by atoms with Gasteiger partial charge in [-0.3, -0.25) is 9.88 Å². The van der Waals surface area contributed by atoms with Gasteiger partial charge in [0.1, 0.15) is 0 Å². The molecule has 28 heavy (non-hydrogen) atoms. The molecule has 5 rings (SSSR count). The van der Waals surface area contributed by atoms with Crippen LogP contribution in [0.1, 0.15) is 11.3 Å². The molecule has 1 atom stereocenters. The Kier molecular flexibility index (Phi) is 4.28. The number of urea groups is 1. The molecule has 0 unspecified atom stereocenters. The molecule has 0 N–H and O–H groups in total. The lowest BCUT2D eigenvalue weighted by Crippen LogP contribution is -2.51. The minimum atomic E-state index is 0.153. The number of amides is 2. The summed E-state index contributed by atoms with van der Waals surface area (Å²) in [6, 6.07) is 14.8. The molecular formula is C22H25N5O. The van der Waals surface area contributed by atoms with E-state index in [4.69, 9.17) is 0 Å². The molecule has 2 amide bonds. The van der Waals surface area contributed by atoms with Gasteiger partial charge in [-0.25, -0.2) is 4.79 Å². The van der Waals surface area contributed by atoms with Gasteiger partial charge in [0.05, 0.1) is 18.3 Å². The van der Waals surface area contributed by atoms with Crippen LogP contribution in [0.5, 0.6) is 0 Å². The molecule has 2 saturated heterocycles. The zero-order valence-corrected chi connectivity index (χ0v) is 16.2. The summed E-state index contributed by atoms with van der Waals surface area (Å²) in [6.45, 7) is 4.95. The molecule has 3 aromatic rings. The van der Waals surface area contributed by atoms with E-state index in [0.717, 1.165) is 38.4 Å². The first-order chi connectivity index (χ1) is 13.7. The van der Waals surface area contributed by atoms with Crippen molar-refractivity contribution < 1.29 is 4.79 Å². The van der Waals surface area contributed by atoms with Crippen molar-refractivity contribution in [2.45, 2.75) is 19.1 Å². The fourth-order valence-electron chi connectivity index (χ4n) is 4.60. The van der Waals surface area contributed by atoms with E-state index in [1.807, 2.05) is 28.0 Å². The molecule has 2 aliphatic heterocycles. The first kappa shape index (κ1) is 17.3. The maximum atomic E-state index is 12.8. The Morgan fingerprint density at radius 2 is 1.89 bits per heavy atom. The number of carbonyl (C=O) groups excluding carboxylic acids is 1. The lowest BCUT2D eigenvalue weighted by Gasteiger charge is -2.36. The predicted octanol–water partition coefficient (Wildman–Crippen LogP) is 2.70. The highest BCUT2D eigenvalue weighted by Gasteiger charge is 2.40. The second-order valence-electron chi connectivity index (χ2n) is 7.85. The van der Waals surface area contributed by atoms with Crippen molar-refractivity contribution in [2.24, 2.45) is 7.05 Å². The van der Waals surface area contributed by atoms with Crippen molar-refractivity contribution in [1.82, 2.24) is 24.3 Å². The second kappa shape index (κ2) is 6.95. The zero-order valence-electron chi connectivity index (χ0n) is 16.2. The number of rotatable bonds is 4. The van der Waals surface area contributed by atoms with Crippen LogP contribution in [0.4, 0.5) is 4.79 Å². The van der Waals surface area contributed by atoms with Gasteiger partial charge in [0.2, 0.25) is 0 Å². The van der Waals surface area contributed by atoms with Crippen LogP contribution in [-0.2, 0) is 20.1 Å². The maximum Gasteiger partial charge on any atom is 0.320 e. The largest absolute Gasteiger partial charge is 0.350 e. The maximum absolute atomic E-state index is 12.8. The fourth-order valence-corrected chi connectivity index (χ4v) is 4.60. The van der Waals surface area contributed by atoms with Gasteiger partial charge in [-0.2, -0.15) is 0 Å². The molecule has 4 heterocycles. The minimum Gasteiger partial charge on any atom is -0.350 e. The number of para-hydroxylation sites is 1. The van der Waals surface area contributed by atoms with Crippen LogP contribution < -0.4 is 0 Å². The predicted molar refractivity (Wildman–Crippen MR) is 109 cm³/mol. The summed E-state index contributed by atoms with van der Waals surface area (Å²) in [5.41, 5.74) is 3.58. The average molecular weight is 375 g/mol.